The van der Waals surface area contributed by atoms with Crippen molar-refractivity contribution in [2.45, 2.75) is 6.54 Å². The van der Waals surface area contributed by atoms with E-state index in [1.807, 2.05) is 24.3 Å². The van der Waals surface area contributed by atoms with Crippen molar-refractivity contribution in [3.63, 3.8) is 0 Å². The lowest BCUT2D eigenvalue weighted by molar-refractivity contribution is -0.134. The Morgan fingerprint density at radius 2 is 1.79 bits per heavy atom. The van der Waals surface area contributed by atoms with Crippen molar-refractivity contribution in [3.05, 3.63) is 60.4 Å². The maximum Gasteiger partial charge on any atom is 0.328 e. The monoisotopic (exact) mass is 328 g/mol. The topological polar surface area (TPSA) is 100.0 Å². The standard InChI is InChI=1S/C13H12N2O.C4H4O4/c1-15-9-10-4-2-3-5-12(10)16-13-8-14-7-6-11(13)15;5-3(6)1-2-4(7)8/h2-8H,9H2,1H3;1-2H,(H,5,6)(H,7,8)/b;2-1-. The summed E-state index contributed by atoms with van der Waals surface area (Å²) >= 11 is 0. The fraction of sp³-hybridized carbons (Fsp3) is 0.118. The van der Waals surface area contributed by atoms with Crippen LogP contribution in [0.2, 0.25) is 0 Å². The normalized spacial score (nSPS) is 12.1. The summed E-state index contributed by atoms with van der Waals surface area (Å²) in [5, 5.41) is 15.6. The molecule has 0 fully saturated rings. The fourth-order valence-corrected chi connectivity index (χ4v) is 2.10. The van der Waals surface area contributed by atoms with Crippen LogP contribution in [0.3, 0.4) is 0 Å². The highest BCUT2D eigenvalue weighted by Crippen LogP contribution is 2.36. The van der Waals surface area contributed by atoms with Crippen LogP contribution in [0.15, 0.2) is 54.9 Å². The maximum absolute atomic E-state index is 9.55. The van der Waals surface area contributed by atoms with Crippen LogP contribution >= 0.6 is 0 Å². The van der Waals surface area contributed by atoms with Gasteiger partial charge in [-0.15, -0.1) is 0 Å². The molecule has 2 N–H and O–H groups in total. The molecule has 1 aromatic heterocycles. The number of carboxylic acids is 2. The highest BCUT2D eigenvalue weighted by Gasteiger charge is 2.17. The Kier molecular flexibility index (Phi) is 5.51. The zero-order valence-electron chi connectivity index (χ0n) is 12.9. The van der Waals surface area contributed by atoms with Gasteiger partial charge in [-0.2, -0.15) is 0 Å². The van der Waals surface area contributed by atoms with Gasteiger partial charge >= 0.3 is 11.9 Å². The smallest absolute Gasteiger partial charge is 0.328 e. The molecule has 0 aliphatic carbocycles. The van der Waals surface area contributed by atoms with Gasteiger partial charge in [0.25, 0.3) is 0 Å². The van der Waals surface area contributed by atoms with Gasteiger partial charge in [-0.05, 0) is 12.1 Å². The average molecular weight is 328 g/mol. The summed E-state index contributed by atoms with van der Waals surface area (Å²) in [6.07, 6.45) is 4.66. The van der Waals surface area contributed by atoms with Gasteiger partial charge in [-0.25, -0.2) is 9.59 Å². The van der Waals surface area contributed by atoms with Gasteiger partial charge in [0.1, 0.15) is 5.75 Å². The molecule has 0 atom stereocenters. The Morgan fingerprint density at radius 1 is 1.12 bits per heavy atom. The van der Waals surface area contributed by atoms with Gasteiger partial charge in [-0.1, -0.05) is 18.2 Å². The first-order valence-corrected chi connectivity index (χ1v) is 7.02. The van der Waals surface area contributed by atoms with Crippen LogP contribution in [-0.4, -0.2) is 34.2 Å². The molecule has 2 aromatic rings. The highest BCUT2D eigenvalue weighted by atomic mass is 16.5. The van der Waals surface area contributed by atoms with Crippen LogP contribution in [0.1, 0.15) is 5.56 Å². The third-order valence-corrected chi connectivity index (χ3v) is 3.14. The van der Waals surface area contributed by atoms with Crippen molar-refractivity contribution < 1.29 is 24.5 Å². The minimum atomic E-state index is -1.26. The Labute approximate surface area is 138 Å². The summed E-state index contributed by atoms with van der Waals surface area (Å²) in [6.45, 7) is 0.854. The van der Waals surface area contributed by atoms with E-state index in [1.165, 1.54) is 5.56 Å². The number of carbonyl (C=O) groups is 2. The third-order valence-electron chi connectivity index (χ3n) is 3.14. The summed E-state index contributed by atoms with van der Waals surface area (Å²) in [5.41, 5.74) is 2.27. The molecule has 0 amide bonds. The Bertz CT molecular complexity index is 757. The first-order valence-electron chi connectivity index (χ1n) is 7.02. The summed E-state index contributed by atoms with van der Waals surface area (Å²) in [7, 11) is 2.06. The molecule has 0 radical (unpaired) electrons. The zero-order chi connectivity index (χ0) is 17.5. The van der Waals surface area contributed by atoms with Crippen molar-refractivity contribution in [1.29, 1.82) is 0 Å². The number of hydrogen-bond acceptors (Lipinski definition) is 5. The number of anilines is 1. The Morgan fingerprint density at radius 3 is 2.46 bits per heavy atom. The fourth-order valence-electron chi connectivity index (χ4n) is 2.10. The number of ether oxygens (including phenoxy) is 1. The zero-order valence-corrected chi connectivity index (χ0v) is 12.9. The number of aliphatic carboxylic acids is 2. The van der Waals surface area contributed by atoms with E-state index in [0.717, 1.165) is 23.7 Å². The number of rotatable bonds is 2. The molecule has 0 saturated carbocycles. The van der Waals surface area contributed by atoms with Crippen molar-refractivity contribution in [3.8, 4) is 11.5 Å². The van der Waals surface area contributed by atoms with Crippen LogP contribution < -0.4 is 9.64 Å². The van der Waals surface area contributed by atoms with Crippen LogP contribution in [-0.2, 0) is 16.1 Å². The molecule has 1 aromatic carbocycles. The van der Waals surface area contributed by atoms with Crippen LogP contribution in [0, 0.1) is 0 Å². The SMILES string of the molecule is CN1Cc2ccccc2Oc2cnccc21.O=C(O)/C=C\C(=O)O. The van der Waals surface area contributed by atoms with Crippen LogP contribution in [0.4, 0.5) is 5.69 Å². The first-order chi connectivity index (χ1) is 11.5. The molecule has 0 spiro atoms. The summed E-state index contributed by atoms with van der Waals surface area (Å²) in [5.74, 6) is -0.782. The van der Waals surface area contributed by atoms with Crippen molar-refractivity contribution in [1.82, 2.24) is 4.98 Å². The van der Waals surface area contributed by atoms with E-state index < -0.39 is 11.9 Å². The minimum Gasteiger partial charge on any atom is -0.478 e. The number of aromatic nitrogens is 1. The van der Waals surface area contributed by atoms with E-state index in [2.05, 4.69) is 23.0 Å². The Hall–Kier alpha value is -3.35. The predicted molar refractivity (Wildman–Crippen MR) is 87.3 cm³/mol. The number of benzene rings is 1. The number of carboxylic acid groups (broad SMARTS) is 2. The van der Waals surface area contributed by atoms with Gasteiger partial charge in [0.2, 0.25) is 0 Å². The van der Waals surface area contributed by atoms with Gasteiger partial charge < -0.3 is 19.8 Å². The second-order valence-electron chi connectivity index (χ2n) is 4.92. The van der Waals surface area contributed by atoms with Crippen molar-refractivity contribution in [2.24, 2.45) is 0 Å². The minimum absolute atomic E-state index is 0.558. The number of pyridine rings is 1. The second-order valence-corrected chi connectivity index (χ2v) is 4.92. The van der Waals surface area contributed by atoms with Crippen LogP contribution in [0.5, 0.6) is 11.5 Å². The molecular formula is C17H16N2O5. The number of nitrogens with zero attached hydrogens (tertiary/aromatic N) is 2. The lowest BCUT2D eigenvalue weighted by Crippen LogP contribution is -2.14. The van der Waals surface area contributed by atoms with E-state index in [4.69, 9.17) is 14.9 Å². The molecule has 0 saturated heterocycles. The lowest BCUT2D eigenvalue weighted by Gasteiger charge is -2.17. The van der Waals surface area contributed by atoms with E-state index in [-0.39, 0.29) is 0 Å². The summed E-state index contributed by atoms with van der Waals surface area (Å²) in [4.78, 5) is 25.4. The molecule has 124 valence electrons. The molecule has 3 rings (SSSR count). The summed E-state index contributed by atoms with van der Waals surface area (Å²) < 4.78 is 5.87. The van der Waals surface area contributed by atoms with Crippen molar-refractivity contribution in [2.75, 3.05) is 11.9 Å². The van der Waals surface area contributed by atoms with Crippen LogP contribution in [0.25, 0.3) is 0 Å². The second kappa shape index (κ2) is 7.77. The lowest BCUT2D eigenvalue weighted by atomic mass is 10.2. The van der Waals surface area contributed by atoms with Gasteiger partial charge in [0, 0.05) is 37.5 Å². The molecule has 0 unspecified atom stereocenters. The largest absolute Gasteiger partial charge is 0.478 e. The average Bonchev–Trinajstić information content (AvgIpc) is 2.69. The van der Waals surface area contributed by atoms with E-state index in [0.29, 0.717) is 12.2 Å². The molecular weight excluding hydrogens is 312 g/mol. The van der Waals surface area contributed by atoms with E-state index in [1.54, 1.807) is 12.4 Å². The van der Waals surface area contributed by atoms with E-state index >= 15 is 0 Å². The molecule has 2 heterocycles. The van der Waals surface area contributed by atoms with Crippen molar-refractivity contribution >= 4 is 17.6 Å². The molecule has 0 bridgehead atoms. The highest BCUT2D eigenvalue weighted by molar-refractivity contribution is 5.89. The third kappa shape index (κ3) is 4.57. The first kappa shape index (κ1) is 17.0. The molecule has 1 aliphatic rings. The number of para-hydroxylation sites is 1. The van der Waals surface area contributed by atoms with E-state index in [9.17, 15) is 9.59 Å². The maximum atomic E-state index is 9.55. The Balaban J connectivity index is 0.000000224. The van der Waals surface area contributed by atoms with Gasteiger partial charge in [-0.3, -0.25) is 4.98 Å². The quantitative estimate of drug-likeness (QED) is 0.817. The number of fused-ring (bicyclic) bond motifs is 2. The van der Waals surface area contributed by atoms with Gasteiger partial charge in [0.05, 0.1) is 11.9 Å². The molecule has 24 heavy (non-hydrogen) atoms. The molecule has 1 aliphatic heterocycles. The predicted octanol–water partition coefficient (Wildman–Crippen LogP) is 2.54. The molecule has 7 nitrogen and oxygen atoms in total. The molecule has 7 heteroatoms. The van der Waals surface area contributed by atoms with Gasteiger partial charge in [0.15, 0.2) is 5.75 Å². The number of hydrogen-bond donors (Lipinski definition) is 2. The summed E-state index contributed by atoms with van der Waals surface area (Å²) in [6, 6.07) is 10.1.